The molecule has 12 nitrogen and oxygen atoms in total. The van der Waals surface area contributed by atoms with Gasteiger partial charge in [-0.2, -0.15) is 8.78 Å². The Balaban J connectivity index is 0.000000167. The number of rotatable bonds is 9. The molecule has 4 aliphatic rings. The lowest BCUT2D eigenvalue weighted by Gasteiger charge is -2.28. The highest BCUT2D eigenvalue weighted by Gasteiger charge is 2.24. The molecule has 0 radical (unpaired) electrons. The van der Waals surface area contributed by atoms with Crippen molar-refractivity contribution in [2.24, 2.45) is 9.98 Å². The molecule has 1 N–H and O–H groups in total. The third-order valence-corrected chi connectivity index (χ3v) is 11.8. The monoisotopic (exact) mass is 872 g/mol. The molecule has 14 heteroatoms. The molecular weight excluding hydrogens is 827 g/mol. The van der Waals surface area contributed by atoms with Crippen LogP contribution in [0.2, 0.25) is 0 Å². The molecule has 4 aromatic heterocycles. The standard InChI is InChI=1S/C29H25FN4O2.C22H19FN4O2.H2/c30-29-27(25(9-11-32-29)36-19-20-4-2-1-3-5-20)21-6-7-23-18-33-28(24(23)16-21)22-8-10-31-26(17-22)34-12-14-35-15-13-34;23-22-20(18(28)4-6-25-22)14-1-2-16-13-26-21(17(16)11-14)15-3-5-24-19(12-15)27-7-9-29-10-8-27;/h1-11,16-17H,12-15,18-19H2;1-6,11-12H,7-10,13H2,(H,25,28);1H. The number of hydrogen-bond acceptors (Lipinski definition) is 11. The normalized spacial score (nSPS) is 15.4. The van der Waals surface area contributed by atoms with Gasteiger partial charge in [0.2, 0.25) is 11.9 Å². The molecule has 0 spiro atoms. The van der Waals surface area contributed by atoms with Crippen molar-refractivity contribution in [2.45, 2.75) is 19.7 Å². The molecule has 0 saturated carbocycles. The Morgan fingerprint density at radius 2 is 1.17 bits per heavy atom. The van der Waals surface area contributed by atoms with E-state index in [2.05, 4.69) is 35.8 Å². The van der Waals surface area contributed by atoms with E-state index in [1.807, 2.05) is 85.1 Å². The molecule has 0 atom stereocenters. The van der Waals surface area contributed by atoms with Crippen LogP contribution in [0.5, 0.6) is 5.75 Å². The van der Waals surface area contributed by atoms with Crippen LogP contribution >= 0.6 is 0 Å². The van der Waals surface area contributed by atoms with Crippen LogP contribution in [0.4, 0.5) is 20.4 Å². The van der Waals surface area contributed by atoms with Gasteiger partial charge in [-0.25, -0.2) is 15.0 Å². The van der Waals surface area contributed by atoms with Crippen molar-refractivity contribution in [1.29, 1.82) is 0 Å². The number of fused-ring (bicyclic) bond motifs is 2. The lowest BCUT2D eigenvalue weighted by Crippen LogP contribution is -2.36. The summed E-state index contributed by atoms with van der Waals surface area (Å²) in [6.07, 6.45) is 6.35. The summed E-state index contributed by atoms with van der Waals surface area (Å²) in [5.74, 6) is 1.07. The Morgan fingerprint density at radius 3 is 1.74 bits per heavy atom. The first-order chi connectivity index (χ1) is 32.0. The van der Waals surface area contributed by atoms with Crippen LogP contribution in [-0.2, 0) is 29.2 Å². The summed E-state index contributed by atoms with van der Waals surface area (Å²) in [5, 5.41) is 0. The fourth-order valence-corrected chi connectivity index (χ4v) is 8.50. The SMILES string of the molecule is Fc1nccc(OCc2ccccc2)c1-c1ccc2c(c1)C(c1ccnc(N3CCOCC3)c1)=NC2.O=c1cc[nH]c(F)c1-c1ccc2c(c1)C(c1ccnc(N3CCOCC3)c1)=NC2.[HH]. The van der Waals surface area contributed by atoms with Crippen LogP contribution in [0, 0.1) is 11.9 Å². The fourth-order valence-electron chi connectivity index (χ4n) is 8.50. The van der Waals surface area contributed by atoms with Crippen LogP contribution in [0.3, 0.4) is 0 Å². The Labute approximate surface area is 375 Å². The highest BCUT2D eigenvalue weighted by Crippen LogP contribution is 2.36. The summed E-state index contributed by atoms with van der Waals surface area (Å²) in [7, 11) is 0. The number of nitrogens with one attached hydrogen (secondary N) is 1. The Hall–Kier alpha value is -7.42. The molecule has 0 amide bonds. The Kier molecular flexibility index (Phi) is 12.0. The van der Waals surface area contributed by atoms with E-state index >= 15 is 4.39 Å². The van der Waals surface area contributed by atoms with E-state index in [-0.39, 0.29) is 12.4 Å². The molecule has 8 heterocycles. The van der Waals surface area contributed by atoms with Crippen LogP contribution in [0.25, 0.3) is 22.3 Å². The number of benzene rings is 3. The van der Waals surface area contributed by atoms with Gasteiger partial charge in [0, 0.05) is 80.7 Å². The minimum absolute atomic E-state index is 0. The van der Waals surface area contributed by atoms with Crippen LogP contribution < -0.4 is 20.0 Å². The predicted molar refractivity (Wildman–Crippen MR) is 248 cm³/mol. The maximum atomic E-state index is 15.0. The lowest BCUT2D eigenvalue weighted by molar-refractivity contribution is 0.122. The molecule has 328 valence electrons. The van der Waals surface area contributed by atoms with E-state index in [1.165, 1.54) is 18.5 Å². The van der Waals surface area contributed by atoms with Gasteiger partial charge in [0.25, 0.3) is 0 Å². The molecule has 0 unspecified atom stereocenters. The average molecular weight is 873 g/mol. The van der Waals surface area contributed by atoms with Gasteiger partial charge < -0.3 is 29.0 Å². The second kappa shape index (κ2) is 18.7. The number of aromatic amines is 1. The summed E-state index contributed by atoms with van der Waals surface area (Å²) < 4.78 is 46.2. The summed E-state index contributed by atoms with van der Waals surface area (Å²) in [4.78, 5) is 41.6. The molecule has 2 fully saturated rings. The number of hydrogen-bond donors (Lipinski definition) is 1. The van der Waals surface area contributed by atoms with Crippen LogP contribution in [-0.4, -0.2) is 84.0 Å². The number of halogens is 2. The van der Waals surface area contributed by atoms with Crippen molar-refractivity contribution in [3.63, 3.8) is 0 Å². The maximum Gasteiger partial charge on any atom is 0.224 e. The smallest absolute Gasteiger partial charge is 0.224 e. The first-order valence-electron chi connectivity index (χ1n) is 21.6. The number of aliphatic imine (C=N–C) groups is 2. The topological polar surface area (TPSA) is 130 Å². The van der Waals surface area contributed by atoms with E-state index in [1.54, 1.807) is 18.3 Å². The number of H-pyrrole nitrogens is 1. The molecule has 0 bridgehead atoms. The minimum atomic E-state index is -0.632. The van der Waals surface area contributed by atoms with Crippen LogP contribution in [0.15, 0.2) is 143 Å². The molecule has 7 aromatic rings. The highest BCUT2D eigenvalue weighted by molar-refractivity contribution is 6.16. The molecule has 11 rings (SSSR count). The zero-order chi connectivity index (χ0) is 44.1. The van der Waals surface area contributed by atoms with E-state index in [0.717, 1.165) is 88.2 Å². The number of anilines is 2. The molecule has 4 aliphatic heterocycles. The molecule has 3 aromatic carbocycles. The highest BCUT2D eigenvalue weighted by atomic mass is 19.1. The maximum absolute atomic E-state index is 15.0. The Morgan fingerprint density at radius 1 is 0.615 bits per heavy atom. The summed E-state index contributed by atoms with van der Waals surface area (Å²) in [5.41, 5.74) is 10.1. The first kappa shape index (κ1) is 41.6. The zero-order valence-electron chi connectivity index (χ0n) is 35.4. The van der Waals surface area contributed by atoms with Crippen molar-refractivity contribution < 1.29 is 24.4 Å². The van der Waals surface area contributed by atoms with Gasteiger partial charge in [0.05, 0.1) is 62.1 Å². The van der Waals surface area contributed by atoms with Gasteiger partial charge in [-0.05, 0) is 70.3 Å². The molecule has 2 saturated heterocycles. The average Bonchev–Trinajstić information content (AvgIpc) is 3.99. The van der Waals surface area contributed by atoms with Gasteiger partial charge in [-0.15, -0.1) is 0 Å². The summed E-state index contributed by atoms with van der Waals surface area (Å²) in [6.45, 7) is 7.52. The van der Waals surface area contributed by atoms with Crippen LogP contribution in [0.1, 0.15) is 40.4 Å². The van der Waals surface area contributed by atoms with Crippen molar-refractivity contribution >= 4 is 23.1 Å². The number of nitrogens with zero attached hydrogens (tertiary/aromatic N) is 7. The number of aromatic nitrogens is 4. The van der Waals surface area contributed by atoms with Gasteiger partial charge in [-0.3, -0.25) is 14.8 Å². The quantitative estimate of drug-likeness (QED) is 0.143. The van der Waals surface area contributed by atoms with Crippen molar-refractivity contribution in [3.05, 3.63) is 189 Å². The third kappa shape index (κ3) is 8.90. The zero-order valence-corrected chi connectivity index (χ0v) is 35.4. The molecular formula is C51H46F2N8O4. The summed E-state index contributed by atoms with van der Waals surface area (Å²) >= 11 is 0. The van der Waals surface area contributed by atoms with E-state index in [9.17, 15) is 9.18 Å². The Bertz CT molecular complexity index is 2990. The second-order valence-electron chi connectivity index (χ2n) is 15.9. The summed E-state index contributed by atoms with van der Waals surface area (Å²) in [6, 6.07) is 32.3. The predicted octanol–water partition coefficient (Wildman–Crippen LogP) is 8.06. The van der Waals surface area contributed by atoms with Gasteiger partial charge >= 0.3 is 0 Å². The first-order valence-corrected chi connectivity index (χ1v) is 21.6. The second-order valence-corrected chi connectivity index (χ2v) is 15.9. The molecule has 0 aliphatic carbocycles. The van der Waals surface area contributed by atoms with Gasteiger partial charge in [0.1, 0.15) is 24.0 Å². The number of morpholine rings is 2. The van der Waals surface area contributed by atoms with Gasteiger partial charge in [-0.1, -0.05) is 54.6 Å². The van der Waals surface area contributed by atoms with E-state index < -0.39 is 11.9 Å². The molecule has 65 heavy (non-hydrogen) atoms. The van der Waals surface area contributed by atoms with Crippen molar-refractivity contribution in [2.75, 3.05) is 62.4 Å². The number of pyridine rings is 4. The fraction of sp³-hybridized carbons (Fsp3) is 0.216. The number of ether oxygens (including phenoxy) is 3. The van der Waals surface area contributed by atoms with E-state index in [4.69, 9.17) is 24.2 Å². The van der Waals surface area contributed by atoms with Crippen molar-refractivity contribution in [1.82, 2.24) is 19.9 Å². The van der Waals surface area contributed by atoms with Crippen molar-refractivity contribution in [3.8, 4) is 28.0 Å². The largest absolute Gasteiger partial charge is 0.488 e. The lowest BCUT2D eigenvalue weighted by atomic mass is 9.95. The third-order valence-electron chi connectivity index (χ3n) is 11.8. The van der Waals surface area contributed by atoms with E-state index in [0.29, 0.717) is 68.6 Å². The van der Waals surface area contributed by atoms with Gasteiger partial charge in [0.15, 0.2) is 5.43 Å². The minimum Gasteiger partial charge on any atom is -0.488 e.